The highest BCUT2D eigenvalue weighted by atomic mass is 35.5. The van der Waals surface area contributed by atoms with Crippen molar-refractivity contribution in [1.29, 1.82) is 0 Å². The average Bonchev–Trinajstić information content (AvgIpc) is 3.15. The third-order valence-electron chi connectivity index (χ3n) is 5.36. The molecule has 0 aliphatic rings. The third kappa shape index (κ3) is 4.81. The fourth-order valence-electron chi connectivity index (χ4n) is 3.55. The smallest absolute Gasteiger partial charge is 0.247 e. The number of fused-ring (bicyclic) bond motifs is 1. The molecule has 164 valence electrons. The molecular weight excluding hydrogens is 440 g/mol. The van der Waals surface area contributed by atoms with Gasteiger partial charge in [0.1, 0.15) is 11.6 Å². The van der Waals surface area contributed by atoms with Gasteiger partial charge in [0.25, 0.3) is 0 Å². The second-order valence-electron chi connectivity index (χ2n) is 7.76. The number of anilines is 1. The number of halogens is 1. The van der Waals surface area contributed by atoms with Gasteiger partial charge in [-0.2, -0.15) is 0 Å². The van der Waals surface area contributed by atoms with Crippen molar-refractivity contribution in [2.24, 2.45) is 0 Å². The summed E-state index contributed by atoms with van der Waals surface area (Å²) in [6.45, 7) is 6.02. The highest BCUT2D eigenvalue weighted by molar-refractivity contribution is 7.98. The van der Waals surface area contributed by atoms with Gasteiger partial charge in [-0.3, -0.25) is 9.36 Å². The molecule has 0 bridgehead atoms. The summed E-state index contributed by atoms with van der Waals surface area (Å²) in [5.74, 6) is 0.648. The molecule has 0 saturated heterocycles. The lowest BCUT2D eigenvalue weighted by Crippen LogP contribution is -2.26. The Balaban J connectivity index is 1.67. The van der Waals surface area contributed by atoms with Gasteiger partial charge in [0.15, 0.2) is 10.8 Å². The Bertz CT molecular complexity index is 1250. The number of pyridine rings is 1. The van der Waals surface area contributed by atoms with Crippen molar-refractivity contribution in [2.45, 2.75) is 44.1 Å². The van der Waals surface area contributed by atoms with Crippen LogP contribution in [0.25, 0.3) is 11.2 Å². The van der Waals surface area contributed by atoms with Crippen LogP contribution in [-0.4, -0.2) is 20.4 Å². The van der Waals surface area contributed by atoms with Crippen molar-refractivity contribution in [3.8, 4) is 0 Å². The largest absolute Gasteiger partial charge is 0.324 e. The van der Waals surface area contributed by atoms with Crippen LogP contribution in [0.2, 0.25) is 5.02 Å². The number of nitrogens with zero attached hydrogens (tertiary/aromatic N) is 3. The molecule has 2 heterocycles. The molecule has 7 heteroatoms. The van der Waals surface area contributed by atoms with E-state index in [1.807, 2.05) is 42.7 Å². The van der Waals surface area contributed by atoms with Gasteiger partial charge >= 0.3 is 0 Å². The van der Waals surface area contributed by atoms with Gasteiger partial charge in [0.2, 0.25) is 5.91 Å². The summed E-state index contributed by atoms with van der Waals surface area (Å²) in [6.07, 6.45) is 2.34. The van der Waals surface area contributed by atoms with Crippen LogP contribution in [0.5, 0.6) is 0 Å². The van der Waals surface area contributed by atoms with Crippen molar-refractivity contribution < 1.29 is 4.79 Å². The van der Waals surface area contributed by atoms with E-state index in [2.05, 4.69) is 41.5 Å². The number of aryl methyl sites for hydroxylation is 2. The minimum Gasteiger partial charge on any atom is -0.324 e. The molecule has 1 unspecified atom stereocenters. The van der Waals surface area contributed by atoms with Crippen LogP contribution < -0.4 is 5.32 Å². The van der Waals surface area contributed by atoms with E-state index < -0.39 is 6.04 Å². The maximum absolute atomic E-state index is 13.4. The number of hydrogen-bond acceptors (Lipinski definition) is 4. The summed E-state index contributed by atoms with van der Waals surface area (Å²) in [5, 5.41) is 4.42. The van der Waals surface area contributed by atoms with Gasteiger partial charge in [-0.25, -0.2) is 9.97 Å². The number of carbonyl (C=O) groups excluding carboxylic acids is 1. The van der Waals surface area contributed by atoms with Gasteiger partial charge in [-0.05, 0) is 55.7 Å². The quantitative estimate of drug-likeness (QED) is 0.313. The second kappa shape index (κ2) is 9.76. The number of aromatic nitrogens is 3. The molecule has 2 aromatic carbocycles. The standard InChI is InChI=1S/C25H25ClN4OS/c1-4-22(24(31)28-21-14-19(26)12-9-17(21)3)30-23-20(6-5-13-27-23)29-25(30)32-15-18-10-7-16(2)8-11-18/h5-14,22H,4,15H2,1-3H3,(H,28,31). The van der Waals surface area contributed by atoms with E-state index >= 15 is 0 Å². The summed E-state index contributed by atoms with van der Waals surface area (Å²) in [5.41, 5.74) is 5.61. The number of amides is 1. The first-order valence-corrected chi connectivity index (χ1v) is 11.9. The molecule has 4 rings (SSSR count). The molecule has 1 atom stereocenters. The van der Waals surface area contributed by atoms with Crippen LogP contribution in [0.1, 0.15) is 36.1 Å². The highest BCUT2D eigenvalue weighted by Crippen LogP contribution is 2.31. The Morgan fingerprint density at radius 3 is 2.69 bits per heavy atom. The van der Waals surface area contributed by atoms with Crippen molar-refractivity contribution in [3.63, 3.8) is 0 Å². The number of hydrogen-bond donors (Lipinski definition) is 1. The van der Waals surface area contributed by atoms with Crippen molar-refractivity contribution >= 4 is 46.1 Å². The Kier molecular flexibility index (Phi) is 6.82. The van der Waals surface area contributed by atoms with Gasteiger partial charge in [-0.1, -0.05) is 66.2 Å². The van der Waals surface area contributed by atoms with Crippen LogP contribution >= 0.6 is 23.4 Å². The van der Waals surface area contributed by atoms with Gasteiger partial charge in [0.05, 0.1) is 0 Å². The molecular formula is C25H25ClN4OS. The highest BCUT2D eigenvalue weighted by Gasteiger charge is 2.25. The Morgan fingerprint density at radius 1 is 1.16 bits per heavy atom. The third-order valence-corrected chi connectivity index (χ3v) is 6.62. The maximum atomic E-state index is 13.4. The van der Waals surface area contributed by atoms with Crippen molar-refractivity contribution in [1.82, 2.24) is 14.5 Å². The molecule has 1 N–H and O–H groups in total. The lowest BCUT2D eigenvalue weighted by Gasteiger charge is -2.20. The number of thioether (sulfide) groups is 1. The van der Waals surface area contributed by atoms with Gasteiger partial charge in [-0.15, -0.1) is 0 Å². The predicted octanol–water partition coefficient (Wildman–Crippen LogP) is 6.58. The summed E-state index contributed by atoms with van der Waals surface area (Å²) in [4.78, 5) is 22.7. The van der Waals surface area contributed by atoms with Gasteiger partial charge in [0, 0.05) is 22.7 Å². The number of rotatable bonds is 7. The average molecular weight is 465 g/mol. The molecule has 4 aromatic rings. The Labute approximate surface area is 197 Å². The van der Waals surface area contributed by atoms with Crippen LogP contribution in [0.4, 0.5) is 5.69 Å². The Morgan fingerprint density at radius 2 is 1.94 bits per heavy atom. The first-order valence-electron chi connectivity index (χ1n) is 10.5. The van der Waals surface area contributed by atoms with Crippen molar-refractivity contribution in [2.75, 3.05) is 5.32 Å². The molecule has 2 aromatic heterocycles. The molecule has 32 heavy (non-hydrogen) atoms. The number of carbonyl (C=O) groups is 1. The van der Waals surface area contributed by atoms with Crippen LogP contribution in [0.3, 0.4) is 0 Å². The van der Waals surface area contributed by atoms with E-state index in [0.29, 0.717) is 22.8 Å². The molecule has 0 saturated carbocycles. The fraction of sp³-hybridized carbons (Fsp3) is 0.240. The summed E-state index contributed by atoms with van der Waals surface area (Å²) in [7, 11) is 0. The molecule has 0 fully saturated rings. The summed E-state index contributed by atoms with van der Waals surface area (Å²) in [6, 6.07) is 17.3. The molecule has 0 aliphatic heterocycles. The van der Waals surface area contributed by atoms with E-state index in [0.717, 1.165) is 22.0 Å². The van der Waals surface area contributed by atoms with E-state index in [4.69, 9.17) is 16.6 Å². The van der Waals surface area contributed by atoms with E-state index in [1.54, 1.807) is 24.0 Å². The first kappa shape index (κ1) is 22.4. The lowest BCUT2D eigenvalue weighted by atomic mass is 10.1. The molecule has 0 radical (unpaired) electrons. The van der Waals surface area contributed by atoms with Crippen LogP contribution in [0, 0.1) is 13.8 Å². The molecule has 0 aliphatic carbocycles. The maximum Gasteiger partial charge on any atom is 0.247 e. The van der Waals surface area contributed by atoms with Crippen LogP contribution in [0.15, 0.2) is 66.0 Å². The normalized spacial score (nSPS) is 12.1. The summed E-state index contributed by atoms with van der Waals surface area (Å²) < 4.78 is 1.96. The van der Waals surface area contributed by atoms with E-state index in [-0.39, 0.29) is 5.91 Å². The first-order chi connectivity index (χ1) is 15.5. The van der Waals surface area contributed by atoms with Gasteiger partial charge < -0.3 is 5.32 Å². The monoisotopic (exact) mass is 464 g/mol. The minimum atomic E-state index is -0.450. The topological polar surface area (TPSA) is 59.8 Å². The number of benzene rings is 2. The van der Waals surface area contributed by atoms with E-state index in [1.165, 1.54) is 11.1 Å². The number of nitrogens with one attached hydrogen (secondary N) is 1. The molecule has 0 spiro atoms. The second-order valence-corrected chi connectivity index (χ2v) is 9.14. The van der Waals surface area contributed by atoms with Crippen LogP contribution in [-0.2, 0) is 10.5 Å². The Hall–Kier alpha value is -2.83. The zero-order chi connectivity index (χ0) is 22.7. The molecule has 5 nitrogen and oxygen atoms in total. The minimum absolute atomic E-state index is 0.111. The fourth-order valence-corrected chi connectivity index (χ4v) is 4.73. The summed E-state index contributed by atoms with van der Waals surface area (Å²) >= 11 is 7.76. The zero-order valence-electron chi connectivity index (χ0n) is 18.3. The number of imidazole rings is 1. The predicted molar refractivity (Wildman–Crippen MR) is 132 cm³/mol. The SMILES string of the molecule is CCC(C(=O)Nc1cc(Cl)ccc1C)n1c(SCc2ccc(C)cc2)nc2cccnc21. The van der Waals surface area contributed by atoms with E-state index in [9.17, 15) is 4.79 Å². The van der Waals surface area contributed by atoms with Crippen molar-refractivity contribution in [3.05, 3.63) is 82.5 Å². The zero-order valence-corrected chi connectivity index (χ0v) is 19.9. The molecule has 1 amide bonds. The lowest BCUT2D eigenvalue weighted by molar-refractivity contribution is -0.119.